The summed E-state index contributed by atoms with van der Waals surface area (Å²) in [4.78, 5) is 4.64. The molecule has 0 spiro atoms. The molecule has 1 aromatic carbocycles. The average Bonchev–Trinajstić information content (AvgIpc) is 2.27. The first-order valence-corrected chi connectivity index (χ1v) is 11.2. The van der Waals surface area contributed by atoms with Gasteiger partial charge in [-0.1, -0.05) is 26.2 Å². The molecule has 0 aliphatic carbocycles. The van der Waals surface area contributed by atoms with Crippen LogP contribution < -0.4 is 5.30 Å². The number of nitrogens with zero attached hydrogens (tertiary/aromatic N) is 1. The van der Waals surface area contributed by atoms with Crippen molar-refractivity contribution in [2.45, 2.75) is 6.92 Å². The molecule has 2 aromatic rings. The van der Waals surface area contributed by atoms with Crippen LogP contribution >= 0.6 is 33.1 Å². The highest BCUT2D eigenvalue weighted by Gasteiger charge is 2.08. The Labute approximate surface area is 97.5 Å². The molecule has 0 radical (unpaired) electrons. The zero-order valence-electron chi connectivity index (χ0n) is 8.44. The largest absolute Gasteiger partial charge is 0.252 e. The lowest BCUT2D eigenvalue weighted by molar-refractivity contribution is 1.28. The number of aromatic nitrogens is 1. The summed E-state index contributed by atoms with van der Waals surface area (Å²) in [7, 11) is 6.54. The number of hydrogen-bond acceptors (Lipinski definition) is 1. The standard InChI is InChI=1S/C10H13NP4/c1-7-10(15(13)14-12)6-8-4-2-3-5-9(8)11-7/h2-6,14H,12-13H2,1H3. The van der Waals surface area contributed by atoms with Gasteiger partial charge in [-0.3, -0.25) is 4.98 Å². The molecule has 5 heteroatoms. The summed E-state index contributed by atoms with van der Waals surface area (Å²) in [5.41, 5.74) is 2.27. The van der Waals surface area contributed by atoms with Gasteiger partial charge in [0.1, 0.15) is 0 Å². The Kier molecular flexibility index (Phi) is 4.04. The van der Waals surface area contributed by atoms with Gasteiger partial charge < -0.3 is 0 Å². The maximum Gasteiger partial charge on any atom is 0.0705 e. The smallest absolute Gasteiger partial charge is 0.0705 e. The summed E-state index contributed by atoms with van der Waals surface area (Å²) in [5.74, 6) is 0. The van der Waals surface area contributed by atoms with E-state index in [-0.39, 0.29) is 7.30 Å². The Balaban J connectivity index is 2.61. The van der Waals surface area contributed by atoms with E-state index in [1.165, 1.54) is 16.4 Å². The third-order valence-corrected chi connectivity index (χ3v) is 12.5. The van der Waals surface area contributed by atoms with Gasteiger partial charge in [-0.2, -0.15) is 0 Å². The van der Waals surface area contributed by atoms with E-state index >= 15 is 0 Å². The Hall–Kier alpha value is 0.350. The number of hydrogen-bond donors (Lipinski definition) is 0. The lowest BCUT2D eigenvalue weighted by Crippen LogP contribution is -2.03. The Morgan fingerprint density at radius 2 is 2.07 bits per heavy atom. The van der Waals surface area contributed by atoms with Crippen molar-refractivity contribution in [1.29, 1.82) is 0 Å². The minimum Gasteiger partial charge on any atom is -0.252 e. The van der Waals surface area contributed by atoms with Crippen LogP contribution in [0.2, 0.25) is 0 Å². The van der Waals surface area contributed by atoms with Gasteiger partial charge in [0.15, 0.2) is 0 Å². The van der Waals surface area contributed by atoms with Crippen molar-refractivity contribution >= 4 is 49.3 Å². The Morgan fingerprint density at radius 3 is 2.80 bits per heavy atom. The molecule has 4 unspecified atom stereocenters. The van der Waals surface area contributed by atoms with Crippen LogP contribution in [-0.4, -0.2) is 4.98 Å². The van der Waals surface area contributed by atoms with Crippen LogP contribution in [0, 0.1) is 6.92 Å². The molecule has 0 aliphatic rings. The molecule has 1 aromatic heterocycles. The molecule has 4 atom stereocenters. The summed E-state index contributed by atoms with van der Waals surface area (Å²) < 4.78 is 0. The fraction of sp³-hybridized carbons (Fsp3) is 0.100. The molecule has 0 amide bonds. The van der Waals surface area contributed by atoms with Crippen molar-refractivity contribution in [1.82, 2.24) is 4.98 Å². The fourth-order valence-corrected chi connectivity index (χ4v) is 5.46. The van der Waals surface area contributed by atoms with E-state index in [2.05, 4.69) is 54.0 Å². The number of aryl methyl sites for hydroxylation is 1. The summed E-state index contributed by atoms with van der Waals surface area (Å²) in [6.07, 6.45) is 0. The Morgan fingerprint density at radius 1 is 1.33 bits per heavy atom. The summed E-state index contributed by atoms with van der Waals surface area (Å²) in [6.45, 7) is 2.10. The van der Waals surface area contributed by atoms with Gasteiger partial charge >= 0.3 is 0 Å². The number of para-hydroxylation sites is 1. The first kappa shape index (κ1) is 11.8. The Bertz CT molecular complexity index is 486. The zero-order chi connectivity index (χ0) is 10.8. The van der Waals surface area contributed by atoms with E-state index in [4.69, 9.17) is 0 Å². The highest BCUT2D eigenvalue weighted by Crippen LogP contribution is 2.65. The molecule has 0 fully saturated rings. The van der Waals surface area contributed by atoms with Gasteiger partial charge in [-0.15, -0.1) is 17.9 Å². The van der Waals surface area contributed by atoms with Gasteiger partial charge in [0.2, 0.25) is 0 Å². The lowest BCUT2D eigenvalue weighted by Gasteiger charge is -2.12. The highest BCUT2D eigenvalue weighted by atomic mass is 32.6. The maximum absolute atomic E-state index is 4.64. The summed E-state index contributed by atoms with van der Waals surface area (Å²) >= 11 is 0. The zero-order valence-corrected chi connectivity index (χ0v) is 12.6. The molecular weight excluding hydrogens is 258 g/mol. The highest BCUT2D eigenvalue weighted by molar-refractivity contribution is 8.63. The topological polar surface area (TPSA) is 12.9 Å². The van der Waals surface area contributed by atoms with Crippen molar-refractivity contribution in [2.24, 2.45) is 0 Å². The minimum absolute atomic E-state index is 0.123. The van der Waals surface area contributed by atoms with Crippen LogP contribution in [0.3, 0.4) is 0 Å². The van der Waals surface area contributed by atoms with Gasteiger partial charge in [-0.25, -0.2) is 0 Å². The lowest BCUT2D eigenvalue weighted by atomic mass is 10.2. The van der Waals surface area contributed by atoms with Crippen LogP contribution in [0.15, 0.2) is 30.3 Å². The average molecular weight is 271 g/mol. The molecule has 0 aliphatic heterocycles. The van der Waals surface area contributed by atoms with Gasteiger partial charge in [0.25, 0.3) is 0 Å². The minimum atomic E-state index is -0.123. The van der Waals surface area contributed by atoms with Crippen molar-refractivity contribution in [3.05, 3.63) is 36.0 Å². The van der Waals surface area contributed by atoms with Crippen molar-refractivity contribution in [2.75, 3.05) is 0 Å². The van der Waals surface area contributed by atoms with E-state index in [1.54, 1.807) is 0 Å². The number of pyridine rings is 1. The summed E-state index contributed by atoms with van der Waals surface area (Å²) in [5, 5.41) is 2.65. The quantitative estimate of drug-likeness (QED) is 0.756. The first-order valence-electron chi connectivity index (χ1n) is 4.60. The molecular formula is C10H13NP4. The van der Waals surface area contributed by atoms with E-state index in [1.807, 2.05) is 6.07 Å². The van der Waals surface area contributed by atoms with Crippen molar-refractivity contribution in [3.63, 3.8) is 0 Å². The molecule has 0 bridgehead atoms. The predicted octanol–water partition coefficient (Wildman–Crippen LogP) is 3.82. The van der Waals surface area contributed by atoms with Gasteiger partial charge in [0, 0.05) is 16.4 Å². The first-order chi connectivity index (χ1) is 7.22. The van der Waals surface area contributed by atoms with Crippen molar-refractivity contribution in [3.8, 4) is 0 Å². The van der Waals surface area contributed by atoms with Crippen LogP contribution in [0.4, 0.5) is 0 Å². The molecule has 0 N–H and O–H groups in total. The maximum atomic E-state index is 4.64. The molecule has 15 heavy (non-hydrogen) atoms. The second-order valence-corrected chi connectivity index (χ2v) is 12.4. The number of benzene rings is 1. The van der Waals surface area contributed by atoms with Crippen molar-refractivity contribution < 1.29 is 0 Å². The van der Waals surface area contributed by atoms with E-state index < -0.39 is 0 Å². The second-order valence-electron chi connectivity index (χ2n) is 3.28. The van der Waals surface area contributed by atoms with Gasteiger partial charge in [0.05, 0.1) is 5.52 Å². The van der Waals surface area contributed by atoms with Crippen LogP contribution in [0.5, 0.6) is 0 Å². The molecule has 78 valence electrons. The SMILES string of the molecule is Cc1nc2ccccc2cc1P(P)PP. The second kappa shape index (κ2) is 5.12. The molecule has 1 nitrogen and oxygen atoms in total. The van der Waals surface area contributed by atoms with Crippen LogP contribution in [0.25, 0.3) is 10.9 Å². The monoisotopic (exact) mass is 271 g/mol. The summed E-state index contributed by atoms with van der Waals surface area (Å²) in [6, 6.07) is 10.6. The molecule has 0 saturated carbocycles. The molecule has 1 heterocycles. The molecule has 2 rings (SSSR count). The van der Waals surface area contributed by atoms with Crippen LogP contribution in [0.1, 0.15) is 5.69 Å². The number of rotatable bonds is 2. The van der Waals surface area contributed by atoms with E-state index in [0.29, 0.717) is 0 Å². The van der Waals surface area contributed by atoms with Crippen LogP contribution in [-0.2, 0) is 0 Å². The van der Waals surface area contributed by atoms with Gasteiger partial charge in [-0.05, 0) is 26.4 Å². The third kappa shape index (κ3) is 2.54. The predicted molar refractivity (Wildman–Crippen MR) is 80.8 cm³/mol. The third-order valence-electron chi connectivity index (χ3n) is 2.29. The fourth-order valence-electron chi connectivity index (χ4n) is 1.51. The normalized spacial score (nSPS) is 13.8. The molecule has 0 saturated heterocycles. The van der Waals surface area contributed by atoms with E-state index in [9.17, 15) is 0 Å². The van der Waals surface area contributed by atoms with E-state index in [0.717, 1.165) is 13.5 Å². The number of fused-ring (bicyclic) bond motifs is 1.